The van der Waals surface area contributed by atoms with E-state index in [4.69, 9.17) is 0 Å². The van der Waals surface area contributed by atoms with E-state index < -0.39 is 0 Å². The number of amides is 2. The highest BCUT2D eigenvalue weighted by Crippen LogP contribution is 2.10. The van der Waals surface area contributed by atoms with Crippen molar-refractivity contribution in [1.29, 1.82) is 0 Å². The molecule has 144 valence electrons. The molecule has 0 spiro atoms. The van der Waals surface area contributed by atoms with Crippen molar-refractivity contribution < 1.29 is 9.59 Å². The summed E-state index contributed by atoms with van der Waals surface area (Å²) in [5.41, 5.74) is 2.64. The van der Waals surface area contributed by atoms with Gasteiger partial charge in [0.1, 0.15) is 0 Å². The van der Waals surface area contributed by atoms with Crippen molar-refractivity contribution in [2.75, 3.05) is 39.3 Å². The Morgan fingerprint density at radius 1 is 1.11 bits per heavy atom. The van der Waals surface area contributed by atoms with Gasteiger partial charge in [0.25, 0.3) is 5.91 Å². The SMILES string of the molecule is CC(=O)N1CCN(CCNC(=O)c2cnn(Cc3ccccc3)c2C)CC1. The van der Waals surface area contributed by atoms with E-state index >= 15 is 0 Å². The number of nitrogens with one attached hydrogen (secondary N) is 1. The molecule has 0 atom stereocenters. The van der Waals surface area contributed by atoms with Crippen LogP contribution in [-0.2, 0) is 11.3 Å². The molecule has 0 radical (unpaired) electrons. The van der Waals surface area contributed by atoms with Crippen LogP contribution < -0.4 is 5.32 Å². The van der Waals surface area contributed by atoms with Crippen LogP contribution in [0.3, 0.4) is 0 Å². The second kappa shape index (κ2) is 8.81. The van der Waals surface area contributed by atoms with Gasteiger partial charge in [0.2, 0.25) is 5.91 Å². The first-order valence-electron chi connectivity index (χ1n) is 9.37. The number of benzene rings is 1. The minimum absolute atomic E-state index is 0.0887. The predicted molar refractivity (Wildman–Crippen MR) is 104 cm³/mol. The van der Waals surface area contributed by atoms with E-state index in [0.29, 0.717) is 18.7 Å². The van der Waals surface area contributed by atoms with Crippen LogP contribution in [0.4, 0.5) is 0 Å². The fourth-order valence-corrected chi connectivity index (χ4v) is 3.29. The monoisotopic (exact) mass is 369 g/mol. The lowest BCUT2D eigenvalue weighted by atomic mass is 10.2. The highest BCUT2D eigenvalue weighted by molar-refractivity contribution is 5.95. The zero-order valence-electron chi connectivity index (χ0n) is 16.0. The molecular weight excluding hydrogens is 342 g/mol. The molecule has 1 aliphatic heterocycles. The molecule has 0 unspecified atom stereocenters. The number of hydrogen-bond acceptors (Lipinski definition) is 4. The lowest BCUT2D eigenvalue weighted by Gasteiger charge is -2.34. The van der Waals surface area contributed by atoms with Gasteiger partial charge in [-0.1, -0.05) is 30.3 Å². The molecule has 3 rings (SSSR count). The van der Waals surface area contributed by atoms with Crippen LogP contribution in [-0.4, -0.2) is 70.7 Å². The third kappa shape index (κ3) is 4.95. The third-order valence-corrected chi connectivity index (χ3v) is 5.05. The van der Waals surface area contributed by atoms with Crippen LogP contribution in [0.5, 0.6) is 0 Å². The summed E-state index contributed by atoms with van der Waals surface area (Å²) in [5.74, 6) is 0.0418. The summed E-state index contributed by atoms with van der Waals surface area (Å²) in [7, 11) is 0. The van der Waals surface area contributed by atoms with Crippen molar-refractivity contribution in [3.63, 3.8) is 0 Å². The topological polar surface area (TPSA) is 70.5 Å². The van der Waals surface area contributed by atoms with Crippen LogP contribution in [0.15, 0.2) is 36.5 Å². The van der Waals surface area contributed by atoms with Gasteiger partial charge in [-0.3, -0.25) is 19.2 Å². The second-order valence-electron chi connectivity index (χ2n) is 6.89. The van der Waals surface area contributed by atoms with Crippen molar-refractivity contribution in [1.82, 2.24) is 24.9 Å². The van der Waals surface area contributed by atoms with Crippen molar-refractivity contribution in [3.8, 4) is 0 Å². The molecule has 2 amide bonds. The minimum atomic E-state index is -0.0887. The zero-order chi connectivity index (χ0) is 19.2. The molecule has 0 aliphatic carbocycles. The molecule has 1 aromatic heterocycles. The summed E-state index contributed by atoms with van der Waals surface area (Å²) >= 11 is 0. The first kappa shape index (κ1) is 19.1. The summed E-state index contributed by atoms with van der Waals surface area (Å²) in [6.07, 6.45) is 1.64. The van der Waals surface area contributed by atoms with Crippen LogP contribution in [0.1, 0.15) is 28.5 Å². The number of carbonyl (C=O) groups is 2. The van der Waals surface area contributed by atoms with E-state index in [2.05, 4.69) is 15.3 Å². The van der Waals surface area contributed by atoms with E-state index in [1.54, 1.807) is 13.1 Å². The first-order chi connectivity index (χ1) is 13.0. The normalized spacial score (nSPS) is 15.0. The van der Waals surface area contributed by atoms with E-state index in [9.17, 15) is 9.59 Å². The van der Waals surface area contributed by atoms with Crippen molar-refractivity contribution in [2.45, 2.75) is 20.4 Å². The Kier molecular flexibility index (Phi) is 6.24. The molecule has 7 nitrogen and oxygen atoms in total. The molecule has 2 aromatic rings. The Balaban J connectivity index is 1.47. The quantitative estimate of drug-likeness (QED) is 0.829. The van der Waals surface area contributed by atoms with E-state index in [0.717, 1.165) is 44.0 Å². The van der Waals surface area contributed by atoms with Crippen LogP contribution in [0, 0.1) is 6.92 Å². The Bertz CT molecular complexity index is 779. The Morgan fingerprint density at radius 3 is 2.48 bits per heavy atom. The molecule has 1 aromatic carbocycles. The van der Waals surface area contributed by atoms with Gasteiger partial charge in [0.05, 0.1) is 18.3 Å². The standard InChI is InChI=1S/C20H27N5O2/c1-16-19(14-22-25(16)15-18-6-4-3-5-7-18)20(27)21-8-9-23-10-12-24(13-11-23)17(2)26/h3-7,14H,8-13,15H2,1-2H3,(H,21,27). The molecule has 27 heavy (non-hydrogen) atoms. The number of aromatic nitrogens is 2. The van der Waals surface area contributed by atoms with Crippen LogP contribution in [0.2, 0.25) is 0 Å². The summed E-state index contributed by atoms with van der Waals surface area (Å²) in [6, 6.07) is 10.1. The molecule has 1 N–H and O–H groups in total. The third-order valence-electron chi connectivity index (χ3n) is 5.05. The molecule has 1 aliphatic rings. The summed E-state index contributed by atoms with van der Waals surface area (Å²) in [6.45, 7) is 8.77. The summed E-state index contributed by atoms with van der Waals surface area (Å²) < 4.78 is 1.85. The molecule has 7 heteroatoms. The predicted octanol–water partition coefficient (Wildman–Crippen LogP) is 1.13. The number of rotatable bonds is 6. The largest absolute Gasteiger partial charge is 0.351 e. The minimum Gasteiger partial charge on any atom is -0.351 e. The average Bonchev–Trinajstić information content (AvgIpc) is 3.03. The maximum Gasteiger partial charge on any atom is 0.254 e. The lowest BCUT2D eigenvalue weighted by molar-refractivity contribution is -0.130. The fourth-order valence-electron chi connectivity index (χ4n) is 3.29. The van der Waals surface area contributed by atoms with Gasteiger partial charge < -0.3 is 10.2 Å². The number of carbonyl (C=O) groups excluding carboxylic acids is 2. The van der Waals surface area contributed by atoms with E-state index in [-0.39, 0.29) is 11.8 Å². The first-order valence-corrected chi connectivity index (χ1v) is 9.37. The molecule has 0 bridgehead atoms. The van der Waals surface area contributed by atoms with Gasteiger partial charge in [0.15, 0.2) is 0 Å². The van der Waals surface area contributed by atoms with Crippen LogP contribution >= 0.6 is 0 Å². The number of nitrogens with zero attached hydrogens (tertiary/aromatic N) is 4. The molecule has 1 saturated heterocycles. The maximum atomic E-state index is 12.5. The van der Waals surface area contributed by atoms with E-state index in [1.807, 2.05) is 46.8 Å². The smallest absolute Gasteiger partial charge is 0.254 e. The Hall–Kier alpha value is -2.67. The van der Waals surface area contributed by atoms with Gasteiger partial charge in [-0.25, -0.2) is 0 Å². The Labute approximate surface area is 159 Å². The maximum absolute atomic E-state index is 12.5. The number of hydrogen-bond donors (Lipinski definition) is 1. The zero-order valence-corrected chi connectivity index (χ0v) is 16.0. The lowest BCUT2D eigenvalue weighted by Crippen LogP contribution is -2.49. The summed E-state index contributed by atoms with van der Waals surface area (Å²) in [4.78, 5) is 28.0. The Morgan fingerprint density at radius 2 is 1.81 bits per heavy atom. The van der Waals surface area contributed by atoms with Gasteiger partial charge in [-0.2, -0.15) is 5.10 Å². The van der Waals surface area contributed by atoms with Gasteiger partial charge in [0, 0.05) is 51.9 Å². The highest BCUT2D eigenvalue weighted by atomic mass is 16.2. The molecule has 1 fully saturated rings. The molecule has 2 heterocycles. The van der Waals surface area contributed by atoms with Crippen molar-refractivity contribution in [2.24, 2.45) is 0 Å². The molecule has 0 saturated carbocycles. The molecular formula is C20H27N5O2. The van der Waals surface area contributed by atoms with Gasteiger partial charge in [-0.05, 0) is 12.5 Å². The highest BCUT2D eigenvalue weighted by Gasteiger charge is 2.19. The van der Waals surface area contributed by atoms with Crippen molar-refractivity contribution in [3.05, 3.63) is 53.3 Å². The number of piperazine rings is 1. The van der Waals surface area contributed by atoms with Crippen molar-refractivity contribution >= 4 is 11.8 Å². The van der Waals surface area contributed by atoms with Gasteiger partial charge >= 0.3 is 0 Å². The van der Waals surface area contributed by atoms with Gasteiger partial charge in [-0.15, -0.1) is 0 Å². The summed E-state index contributed by atoms with van der Waals surface area (Å²) in [5, 5.41) is 7.35. The second-order valence-corrected chi connectivity index (χ2v) is 6.89. The van der Waals surface area contributed by atoms with E-state index in [1.165, 1.54) is 0 Å². The van der Waals surface area contributed by atoms with Crippen LogP contribution in [0.25, 0.3) is 0 Å². The average molecular weight is 369 g/mol. The fraction of sp³-hybridized carbons (Fsp3) is 0.450.